The first kappa shape index (κ1) is 12.3. The van der Waals surface area contributed by atoms with Gasteiger partial charge in [0, 0.05) is 6.42 Å². The Labute approximate surface area is 92.7 Å². The average Bonchev–Trinajstić information content (AvgIpc) is 2.27. The van der Waals surface area contributed by atoms with Crippen molar-refractivity contribution in [1.82, 2.24) is 0 Å². The first-order valence-corrected chi connectivity index (χ1v) is 5.96. The Hall–Kier alpha value is -0.790. The standard InChI is InChI=1S/C13H22O2/c1-11(8-9-13(14)15-2)10-12-6-4-3-5-7-12/h10,12H,3-9H2,1-2H3/b11-10+. The van der Waals surface area contributed by atoms with Gasteiger partial charge in [0.2, 0.25) is 0 Å². The fourth-order valence-corrected chi connectivity index (χ4v) is 2.19. The molecule has 1 saturated carbocycles. The highest BCUT2D eigenvalue weighted by atomic mass is 16.5. The molecule has 0 aromatic rings. The van der Waals surface area contributed by atoms with Crippen molar-refractivity contribution in [3.05, 3.63) is 11.6 Å². The second-order valence-corrected chi connectivity index (χ2v) is 4.49. The van der Waals surface area contributed by atoms with E-state index in [4.69, 9.17) is 0 Å². The van der Waals surface area contributed by atoms with Crippen LogP contribution in [0.2, 0.25) is 0 Å². The topological polar surface area (TPSA) is 26.3 Å². The summed E-state index contributed by atoms with van der Waals surface area (Å²) < 4.78 is 4.62. The van der Waals surface area contributed by atoms with Gasteiger partial charge in [-0.2, -0.15) is 0 Å². The molecule has 0 heterocycles. The first-order chi connectivity index (χ1) is 7.22. The van der Waals surface area contributed by atoms with Gasteiger partial charge in [0.05, 0.1) is 7.11 Å². The van der Waals surface area contributed by atoms with E-state index >= 15 is 0 Å². The summed E-state index contributed by atoms with van der Waals surface area (Å²) in [5.41, 5.74) is 1.34. The van der Waals surface area contributed by atoms with Gasteiger partial charge in [0.15, 0.2) is 0 Å². The molecule has 0 spiro atoms. The molecule has 0 amide bonds. The third-order valence-electron chi connectivity index (χ3n) is 3.12. The molecule has 0 N–H and O–H groups in total. The second-order valence-electron chi connectivity index (χ2n) is 4.49. The van der Waals surface area contributed by atoms with Crippen LogP contribution < -0.4 is 0 Å². The Bertz CT molecular complexity index is 225. The minimum absolute atomic E-state index is 0.105. The zero-order valence-electron chi connectivity index (χ0n) is 9.92. The fraction of sp³-hybridized carbons (Fsp3) is 0.769. The maximum atomic E-state index is 11.0. The van der Waals surface area contributed by atoms with Crippen LogP contribution in [-0.4, -0.2) is 13.1 Å². The molecule has 2 nitrogen and oxygen atoms in total. The first-order valence-electron chi connectivity index (χ1n) is 5.96. The van der Waals surface area contributed by atoms with Gasteiger partial charge in [-0.3, -0.25) is 4.79 Å². The number of esters is 1. The van der Waals surface area contributed by atoms with Crippen molar-refractivity contribution in [3.63, 3.8) is 0 Å². The monoisotopic (exact) mass is 210 g/mol. The van der Waals surface area contributed by atoms with Crippen molar-refractivity contribution in [1.29, 1.82) is 0 Å². The Morgan fingerprint density at radius 3 is 2.53 bits per heavy atom. The Kier molecular flexibility index (Phi) is 5.44. The summed E-state index contributed by atoms with van der Waals surface area (Å²) in [4.78, 5) is 11.0. The van der Waals surface area contributed by atoms with Gasteiger partial charge in [0.1, 0.15) is 0 Å². The summed E-state index contributed by atoms with van der Waals surface area (Å²) in [6.07, 6.45) is 10.5. The highest BCUT2D eigenvalue weighted by molar-refractivity contribution is 5.69. The van der Waals surface area contributed by atoms with Crippen LogP contribution in [0.5, 0.6) is 0 Å². The second kappa shape index (κ2) is 6.65. The minimum atomic E-state index is -0.105. The molecule has 0 bridgehead atoms. The number of methoxy groups -OCH3 is 1. The molecular formula is C13H22O2. The summed E-state index contributed by atoms with van der Waals surface area (Å²) in [6.45, 7) is 2.12. The van der Waals surface area contributed by atoms with E-state index in [1.54, 1.807) is 0 Å². The number of rotatable bonds is 4. The van der Waals surface area contributed by atoms with Crippen LogP contribution in [0.4, 0.5) is 0 Å². The molecular weight excluding hydrogens is 188 g/mol. The van der Waals surface area contributed by atoms with E-state index in [9.17, 15) is 4.79 Å². The predicted molar refractivity (Wildman–Crippen MR) is 61.6 cm³/mol. The van der Waals surface area contributed by atoms with E-state index in [0.29, 0.717) is 6.42 Å². The van der Waals surface area contributed by atoms with Crippen LogP contribution in [0.15, 0.2) is 11.6 Å². The third kappa shape index (κ3) is 5.01. The Balaban J connectivity index is 2.27. The van der Waals surface area contributed by atoms with Crippen LogP contribution in [0.1, 0.15) is 51.9 Å². The normalized spacial score (nSPS) is 18.9. The summed E-state index contributed by atoms with van der Waals surface area (Å²) in [5.74, 6) is 0.655. The Morgan fingerprint density at radius 2 is 1.93 bits per heavy atom. The van der Waals surface area contributed by atoms with Crippen LogP contribution in [0.3, 0.4) is 0 Å². The number of carbonyl (C=O) groups excluding carboxylic acids is 1. The highest BCUT2D eigenvalue weighted by Gasteiger charge is 2.11. The van der Waals surface area contributed by atoms with Gasteiger partial charge in [-0.15, -0.1) is 0 Å². The molecule has 1 rings (SSSR count). The van der Waals surface area contributed by atoms with Gasteiger partial charge in [-0.25, -0.2) is 0 Å². The van der Waals surface area contributed by atoms with Crippen molar-refractivity contribution in [2.75, 3.05) is 7.11 Å². The van der Waals surface area contributed by atoms with E-state index < -0.39 is 0 Å². The van der Waals surface area contributed by atoms with Crippen molar-refractivity contribution in [2.24, 2.45) is 5.92 Å². The average molecular weight is 210 g/mol. The SMILES string of the molecule is COC(=O)CC/C(C)=C/C1CCCCC1. The molecule has 1 aliphatic carbocycles. The number of hydrogen-bond acceptors (Lipinski definition) is 2. The van der Waals surface area contributed by atoms with Crippen molar-refractivity contribution >= 4 is 5.97 Å². The van der Waals surface area contributed by atoms with Gasteiger partial charge >= 0.3 is 5.97 Å². The summed E-state index contributed by atoms with van der Waals surface area (Å²) in [6, 6.07) is 0. The zero-order valence-corrected chi connectivity index (χ0v) is 9.92. The highest BCUT2D eigenvalue weighted by Crippen LogP contribution is 2.26. The molecule has 0 saturated heterocycles. The van der Waals surface area contributed by atoms with Crippen LogP contribution in [-0.2, 0) is 9.53 Å². The van der Waals surface area contributed by atoms with Crippen LogP contribution in [0, 0.1) is 5.92 Å². The lowest BCUT2D eigenvalue weighted by molar-refractivity contribution is -0.140. The lowest BCUT2D eigenvalue weighted by Gasteiger charge is -2.18. The molecule has 0 unspecified atom stereocenters. The molecule has 1 fully saturated rings. The van der Waals surface area contributed by atoms with Crippen LogP contribution >= 0.6 is 0 Å². The summed E-state index contributed by atoms with van der Waals surface area (Å²) in [7, 11) is 1.45. The number of carbonyl (C=O) groups is 1. The maximum absolute atomic E-state index is 11.0. The third-order valence-corrected chi connectivity index (χ3v) is 3.12. The molecule has 0 radical (unpaired) electrons. The number of hydrogen-bond donors (Lipinski definition) is 0. The fourth-order valence-electron chi connectivity index (χ4n) is 2.19. The van der Waals surface area contributed by atoms with Crippen molar-refractivity contribution < 1.29 is 9.53 Å². The quantitative estimate of drug-likeness (QED) is 0.524. The van der Waals surface area contributed by atoms with E-state index in [1.807, 2.05) is 0 Å². The van der Waals surface area contributed by atoms with Crippen molar-refractivity contribution in [3.8, 4) is 0 Å². The zero-order chi connectivity index (χ0) is 11.1. The molecule has 86 valence electrons. The summed E-state index contributed by atoms with van der Waals surface area (Å²) in [5, 5.41) is 0. The van der Waals surface area contributed by atoms with Gasteiger partial charge < -0.3 is 4.74 Å². The summed E-state index contributed by atoms with van der Waals surface area (Å²) >= 11 is 0. The molecule has 0 atom stereocenters. The van der Waals surface area contributed by atoms with Gasteiger partial charge in [-0.05, 0) is 32.1 Å². The largest absolute Gasteiger partial charge is 0.469 e. The molecule has 2 heteroatoms. The molecule has 0 aliphatic heterocycles. The van der Waals surface area contributed by atoms with E-state index in [1.165, 1.54) is 44.8 Å². The molecule has 1 aliphatic rings. The van der Waals surface area contributed by atoms with Crippen LogP contribution in [0.25, 0.3) is 0 Å². The minimum Gasteiger partial charge on any atom is -0.469 e. The molecule has 15 heavy (non-hydrogen) atoms. The van der Waals surface area contributed by atoms with E-state index in [-0.39, 0.29) is 5.97 Å². The lowest BCUT2D eigenvalue weighted by Crippen LogP contribution is -2.04. The van der Waals surface area contributed by atoms with E-state index in [0.717, 1.165) is 12.3 Å². The Morgan fingerprint density at radius 1 is 1.27 bits per heavy atom. The van der Waals surface area contributed by atoms with Gasteiger partial charge in [0.25, 0.3) is 0 Å². The van der Waals surface area contributed by atoms with E-state index in [2.05, 4.69) is 17.7 Å². The lowest BCUT2D eigenvalue weighted by atomic mass is 9.87. The maximum Gasteiger partial charge on any atom is 0.305 e. The predicted octanol–water partition coefficient (Wildman–Crippen LogP) is 3.47. The smallest absolute Gasteiger partial charge is 0.305 e. The number of allylic oxidation sites excluding steroid dienone is 2. The number of ether oxygens (including phenoxy) is 1. The molecule has 0 aromatic carbocycles. The molecule has 0 aromatic heterocycles. The van der Waals surface area contributed by atoms with Gasteiger partial charge in [-0.1, -0.05) is 30.9 Å². The van der Waals surface area contributed by atoms with Crippen molar-refractivity contribution in [2.45, 2.75) is 51.9 Å².